The van der Waals surface area contributed by atoms with Gasteiger partial charge in [0.2, 0.25) is 0 Å². The molecule has 0 bridgehead atoms. The lowest BCUT2D eigenvalue weighted by Crippen LogP contribution is -2.37. The normalized spacial score (nSPS) is 12.5. The molecule has 0 aliphatic heterocycles. The summed E-state index contributed by atoms with van der Waals surface area (Å²) in [6.45, 7) is -0.157. The van der Waals surface area contributed by atoms with Crippen LogP contribution >= 0.6 is 11.3 Å². The van der Waals surface area contributed by atoms with Crippen molar-refractivity contribution in [2.45, 2.75) is 12.3 Å². The van der Waals surface area contributed by atoms with Gasteiger partial charge in [-0.25, -0.2) is 0 Å². The van der Waals surface area contributed by atoms with E-state index < -0.39 is 29.7 Å². The molecule has 1 heterocycles. The van der Waals surface area contributed by atoms with Gasteiger partial charge in [0.25, 0.3) is 0 Å². The molecule has 0 aliphatic carbocycles. The third-order valence-electron chi connectivity index (χ3n) is 3.06. The van der Waals surface area contributed by atoms with Gasteiger partial charge in [0.15, 0.2) is 0 Å². The van der Waals surface area contributed by atoms with E-state index in [2.05, 4.69) is 10.6 Å². The van der Waals surface area contributed by atoms with Gasteiger partial charge in [-0.2, -0.15) is 24.5 Å². The first-order valence-corrected chi connectivity index (χ1v) is 7.68. The van der Waals surface area contributed by atoms with E-state index in [0.717, 1.165) is 24.3 Å². The van der Waals surface area contributed by atoms with E-state index in [1.165, 1.54) is 11.3 Å². The molecule has 5 nitrogen and oxygen atoms in total. The molecule has 24 heavy (non-hydrogen) atoms. The minimum atomic E-state index is -4.47. The molecule has 128 valence electrons. The number of rotatable bonds is 4. The maximum atomic E-state index is 12.4. The van der Waals surface area contributed by atoms with Crippen LogP contribution in [0.15, 0.2) is 41.1 Å². The predicted octanol–water partition coefficient (Wildman–Crippen LogP) is 2.56. The fraction of sp³-hybridized carbons (Fsp3) is 0.200. The van der Waals surface area contributed by atoms with E-state index in [1.807, 2.05) is 0 Å². The van der Waals surface area contributed by atoms with Gasteiger partial charge in [0, 0.05) is 12.2 Å². The van der Waals surface area contributed by atoms with Crippen LogP contribution in [0.3, 0.4) is 0 Å². The fourth-order valence-electron chi connectivity index (χ4n) is 1.78. The van der Waals surface area contributed by atoms with E-state index in [1.54, 1.807) is 16.8 Å². The third-order valence-corrected chi connectivity index (χ3v) is 3.76. The molecular weight excluding hydrogens is 345 g/mol. The van der Waals surface area contributed by atoms with Crippen LogP contribution in [-0.4, -0.2) is 23.5 Å². The Bertz CT molecular complexity index is 700. The molecule has 2 amide bonds. The highest BCUT2D eigenvalue weighted by Crippen LogP contribution is 2.29. The quantitative estimate of drug-likeness (QED) is 0.735. The number of nitrogens with one attached hydrogen (secondary N) is 2. The van der Waals surface area contributed by atoms with Crippen LogP contribution in [-0.2, 0) is 15.8 Å². The molecule has 0 saturated carbocycles. The van der Waals surface area contributed by atoms with Crippen LogP contribution in [0, 0.1) is 0 Å². The molecule has 2 rings (SSSR count). The predicted molar refractivity (Wildman–Crippen MR) is 82.4 cm³/mol. The van der Waals surface area contributed by atoms with Crippen molar-refractivity contribution in [2.75, 3.05) is 11.9 Å². The van der Waals surface area contributed by atoms with Crippen LogP contribution in [0.1, 0.15) is 17.2 Å². The fourth-order valence-corrected chi connectivity index (χ4v) is 2.49. The van der Waals surface area contributed by atoms with Gasteiger partial charge in [-0.1, -0.05) is 0 Å². The second-order valence-electron chi connectivity index (χ2n) is 4.81. The summed E-state index contributed by atoms with van der Waals surface area (Å²) in [6, 6.07) is 5.38. The molecular formula is C15H13F3N2O3S. The zero-order valence-electron chi connectivity index (χ0n) is 12.1. The molecule has 2 aromatic rings. The van der Waals surface area contributed by atoms with E-state index >= 15 is 0 Å². The van der Waals surface area contributed by atoms with Gasteiger partial charge in [0.1, 0.15) is 0 Å². The number of aliphatic hydroxyl groups is 1. The Labute approximate surface area is 139 Å². The standard InChI is InChI=1S/C15H13F3N2O3S/c16-15(17,18)10-1-3-11(4-2-10)20-14(23)13(22)19-7-12(21)9-5-6-24-8-9/h1-6,8,12,21H,7H2,(H,19,22)(H,20,23). The summed E-state index contributed by atoms with van der Waals surface area (Å²) in [7, 11) is 0. The zero-order chi connectivity index (χ0) is 17.7. The van der Waals surface area contributed by atoms with Crippen LogP contribution in [0.2, 0.25) is 0 Å². The van der Waals surface area contributed by atoms with E-state index in [-0.39, 0.29) is 12.2 Å². The van der Waals surface area contributed by atoms with Gasteiger partial charge >= 0.3 is 18.0 Å². The Kier molecular flexibility index (Phi) is 5.58. The van der Waals surface area contributed by atoms with Crippen molar-refractivity contribution in [3.8, 4) is 0 Å². The first kappa shape index (κ1) is 18.0. The number of halogens is 3. The maximum Gasteiger partial charge on any atom is 0.416 e. The summed E-state index contributed by atoms with van der Waals surface area (Å²) >= 11 is 1.38. The van der Waals surface area contributed by atoms with E-state index in [9.17, 15) is 27.9 Å². The summed E-state index contributed by atoms with van der Waals surface area (Å²) in [5.41, 5.74) is -0.186. The highest BCUT2D eigenvalue weighted by atomic mass is 32.1. The molecule has 0 aliphatic rings. The Hall–Kier alpha value is -2.39. The molecule has 0 radical (unpaired) electrons. The first-order chi connectivity index (χ1) is 11.3. The van der Waals surface area contributed by atoms with Crippen molar-refractivity contribution in [3.05, 3.63) is 52.2 Å². The van der Waals surface area contributed by atoms with Crippen molar-refractivity contribution < 1.29 is 27.9 Å². The zero-order valence-corrected chi connectivity index (χ0v) is 12.9. The number of thiophene rings is 1. The third kappa shape index (κ3) is 4.80. The largest absolute Gasteiger partial charge is 0.416 e. The summed E-state index contributed by atoms with van der Waals surface area (Å²) in [6.07, 6.45) is -5.42. The van der Waals surface area contributed by atoms with Gasteiger partial charge < -0.3 is 15.7 Å². The topological polar surface area (TPSA) is 78.4 Å². The van der Waals surface area contributed by atoms with Crippen molar-refractivity contribution in [1.29, 1.82) is 0 Å². The lowest BCUT2D eigenvalue weighted by molar-refractivity contribution is -0.137. The Morgan fingerprint density at radius 3 is 2.33 bits per heavy atom. The second-order valence-corrected chi connectivity index (χ2v) is 5.59. The van der Waals surface area contributed by atoms with Gasteiger partial charge in [-0.05, 0) is 46.7 Å². The Balaban J connectivity index is 1.86. The number of benzene rings is 1. The molecule has 9 heteroatoms. The minimum Gasteiger partial charge on any atom is -0.387 e. The summed E-state index contributed by atoms with van der Waals surface area (Å²) in [4.78, 5) is 23.3. The minimum absolute atomic E-state index is 0.0570. The monoisotopic (exact) mass is 358 g/mol. The number of hydrogen-bond acceptors (Lipinski definition) is 4. The van der Waals surface area contributed by atoms with Gasteiger partial charge in [-0.15, -0.1) is 0 Å². The number of amides is 2. The number of alkyl halides is 3. The van der Waals surface area contributed by atoms with E-state index in [0.29, 0.717) is 5.56 Å². The smallest absolute Gasteiger partial charge is 0.387 e. The number of carbonyl (C=O) groups is 2. The molecule has 1 aromatic heterocycles. The van der Waals surface area contributed by atoms with Gasteiger partial charge in [0.05, 0.1) is 11.7 Å². The van der Waals surface area contributed by atoms with Crippen LogP contribution in [0.5, 0.6) is 0 Å². The second kappa shape index (κ2) is 7.45. The lowest BCUT2D eigenvalue weighted by Gasteiger charge is -2.11. The van der Waals surface area contributed by atoms with Crippen molar-refractivity contribution in [3.63, 3.8) is 0 Å². The molecule has 1 atom stereocenters. The average molecular weight is 358 g/mol. The molecule has 0 fully saturated rings. The summed E-state index contributed by atoms with van der Waals surface area (Å²) in [5, 5.41) is 17.7. The number of carbonyl (C=O) groups excluding carboxylic acids is 2. The molecule has 3 N–H and O–H groups in total. The lowest BCUT2D eigenvalue weighted by atomic mass is 10.2. The Morgan fingerprint density at radius 1 is 1.12 bits per heavy atom. The highest BCUT2D eigenvalue weighted by Gasteiger charge is 2.30. The van der Waals surface area contributed by atoms with Gasteiger partial charge in [-0.3, -0.25) is 9.59 Å². The van der Waals surface area contributed by atoms with E-state index in [4.69, 9.17) is 0 Å². The molecule has 1 aromatic carbocycles. The van der Waals surface area contributed by atoms with Crippen LogP contribution in [0.25, 0.3) is 0 Å². The van der Waals surface area contributed by atoms with Crippen molar-refractivity contribution in [1.82, 2.24) is 5.32 Å². The van der Waals surface area contributed by atoms with Crippen LogP contribution < -0.4 is 10.6 Å². The van der Waals surface area contributed by atoms with Crippen molar-refractivity contribution in [2.24, 2.45) is 0 Å². The SMILES string of the molecule is O=C(NCC(O)c1ccsc1)C(=O)Nc1ccc(C(F)(F)F)cc1. The summed E-state index contributed by atoms with van der Waals surface area (Å²) < 4.78 is 37.3. The number of aliphatic hydroxyl groups excluding tert-OH is 1. The highest BCUT2D eigenvalue weighted by molar-refractivity contribution is 7.07. The summed E-state index contributed by atoms with van der Waals surface area (Å²) in [5.74, 6) is -2.03. The average Bonchev–Trinajstić information content (AvgIpc) is 3.06. The Morgan fingerprint density at radius 2 is 1.79 bits per heavy atom. The van der Waals surface area contributed by atoms with Crippen molar-refractivity contribution >= 4 is 28.8 Å². The first-order valence-electron chi connectivity index (χ1n) is 6.74. The number of anilines is 1. The van der Waals surface area contributed by atoms with Crippen LogP contribution in [0.4, 0.5) is 18.9 Å². The molecule has 1 unspecified atom stereocenters. The molecule has 0 spiro atoms. The molecule has 0 saturated heterocycles. The number of hydrogen-bond donors (Lipinski definition) is 3. The maximum absolute atomic E-state index is 12.4.